The molecule has 0 aliphatic carbocycles. The van der Waals surface area contributed by atoms with E-state index in [1.165, 1.54) is 0 Å². The second-order valence-corrected chi connectivity index (χ2v) is 5.16. The van der Waals surface area contributed by atoms with Gasteiger partial charge in [0.25, 0.3) is 0 Å². The largest absolute Gasteiger partial charge is 0.335 e. The molecule has 4 nitrogen and oxygen atoms in total. The highest BCUT2D eigenvalue weighted by atomic mass is 79.9. The zero-order chi connectivity index (χ0) is 13.0. The number of aryl methyl sites for hydroxylation is 1. The number of rotatable bonds is 5. The van der Waals surface area contributed by atoms with E-state index < -0.39 is 0 Å². The molecule has 1 atom stereocenters. The van der Waals surface area contributed by atoms with Crippen molar-refractivity contribution < 1.29 is 0 Å². The van der Waals surface area contributed by atoms with E-state index in [1.807, 2.05) is 24.5 Å². The Hall–Kier alpha value is -1.20. The van der Waals surface area contributed by atoms with Crippen molar-refractivity contribution in [3.63, 3.8) is 0 Å². The topological polar surface area (TPSA) is 56.7 Å². The fraction of sp³-hybridized carbons (Fsp3) is 0.385. The first kappa shape index (κ1) is 13.2. The highest BCUT2D eigenvalue weighted by molar-refractivity contribution is 9.10. The number of hydrogen-bond acceptors (Lipinski definition) is 3. The van der Waals surface area contributed by atoms with Gasteiger partial charge in [-0.15, -0.1) is 0 Å². The van der Waals surface area contributed by atoms with Crippen LogP contribution in [0.3, 0.4) is 0 Å². The predicted molar refractivity (Wildman–Crippen MR) is 75.1 cm³/mol. The highest BCUT2D eigenvalue weighted by Crippen LogP contribution is 2.15. The molecule has 0 aliphatic heterocycles. The van der Waals surface area contributed by atoms with Gasteiger partial charge in [-0.3, -0.25) is 4.98 Å². The average molecular weight is 309 g/mol. The molecule has 0 saturated carbocycles. The molecule has 0 saturated heterocycles. The Morgan fingerprint density at radius 2 is 2.22 bits per heavy atom. The molecule has 18 heavy (non-hydrogen) atoms. The molecular weight excluding hydrogens is 292 g/mol. The van der Waals surface area contributed by atoms with Gasteiger partial charge in [0.2, 0.25) is 0 Å². The third-order valence-electron chi connectivity index (χ3n) is 2.80. The van der Waals surface area contributed by atoms with Gasteiger partial charge >= 0.3 is 0 Å². The van der Waals surface area contributed by atoms with E-state index >= 15 is 0 Å². The monoisotopic (exact) mass is 308 g/mol. The lowest BCUT2D eigenvalue weighted by Gasteiger charge is -2.12. The SMILES string of the molecule is CCCn1ccnc1CC(N)c1ccc(Br)cn1. The molecule has 0 aromatic carbocycles. The number of aromatic nitrogens is 3. The minimum Gasteiger partial charge on any atom is -0.335 e. The summed E-state index contributed by atoms with van der Waals surface area (Å²) in [4.78, 5) is 8.69. The Balaban J connectivity index is 2.08. The number of pyridine rings is 1. The van der Waals surface area contributed by atoms with Crippen LogP contribution in [-0.2, 0) is 13.0 Å². The first-order valence-electron chi connectivity index (χ1n) is 6.07. The molecule has 0 spiro atoms. The second kappa shape index (κ2) is 6.11. The van der Waals surface area contributed by atoms with Gasteiger partial charge in [0.15, 0.2) is 0 Å². The Bertz CT molecular complexity index is 492. The molecule has 2 aromatic heterocycles. The van der Waals surface area contributed by atoms with Gasteiger partial charge in [-0.25, -0.2) is 4.98 Å². The van der Waals surface area contributed by atoms with Crippen molar-refractivity contribution in [1.82, 2.24) is 14.5 Å². The van der Waals surface area contributed by atoms with E-state index in [4.69, 9.17) is 5.73 Å². The van der Waals surface area contributed by atoms with Crippen LogP contribution in [0.5, 0.6) is 0 Å². The van der Waals surface area contributed by atoms with Crippen LogP contribution in [0.1, 0.15) is 30.9 Å². The fourth-order valence-electron chi connectivity index (χ4n) is 1.88. The molecule has 96 valence electrons. The Labute approximate surface area is 115 Å². The van der Waals surface area contributed by atoms with E-state index in [9.17, 15) is 0 Å². The van der Waals surface area contributed by atoms with Crippen molar-refractivity contribution in [3.05, 3.63) is 46.7 Å². The van der Waals surface area contributed by atoms with Crippen LogP contribution in [0.2, 0.25) is 0 Å². The lowest BCUT2D eigenvalue weighted by Crippen LogP contribution is -2.17. The van der Waals surface area contributed by atoms with Crippen LogP contribution >= 0.6 is 15.9 Å². The first-order chi connectivity index (χ1) is 8.70. The number of halogens is 1. The van der Waals surface area contributed by atoms with Crippen molar-refractivity contribution in [1.29, 1.82) is 0 Å². The van der Waals surface area contributed by atoms with E-state index in [2.05, 4.69) is 37.4 Å². The minimum atomic E-state index is -0.115. The summed E-state index contributed by atoms with van der Waals surface area (Å²) in [6, 6.07) is 3.79. The Morgan fingerprint density at radius 1 is 1.39 bits per heavy atom. The molecule has 0 radical (unpaired) electrons. The van der Waals surface area contributed by atoms with Crippen molar-refractivity contribution in [2.75, 3.05) is 0 Å². The lowest BCUT2D eigenvalue weighted by atomic mass is 10.1. The summed E-state index contributed by atoms with van der Waals surface area (Å²) < 4.78 is 3.12. The molecule has 1 unspecified atom stereocenters. The van der Waals surface area contributed by atoms with E-state index in [-0.39, 0.29) is 6.04 Å². The molecule has 2 N–H and O–H groups in total. The Morgan fingerprint density at radius 3 is 2.89 bits per heavy atom. The van der Waals surface area contributed by atoms with E-state index in [0.717, 1.165) is 29.0 Å². The number of nitrogens with zero attached hydrogens (tertiary/aromatic N) is 3. The van der Waals surface area contributed by atoms with Crippen LogP contribution in [0, 0.1) is 0 Å². The fourth-order valence-corrected chi connectivity index (χ4v) is 2.12. The van der Waals surface area contributed by atoms with Crippen LogP contribution in [0.25, 0.3) is 0 Å². The van der Waals surface area contributed by atoms with Crippen molar-refractivity contribution in [2.45, 2.75) is 32.4 Å². The maximum atomic E-state index is 6.17. The van der Waals surface area contributed by atoms with Gasteiger partial charge in [0, 0.05) is 36.0 Å². The summed E-state index contributed by atoms with van der Waals surface area (Å²) in [5.41, 5.74) is 7.06. The molecule has 0 amide bonds. The standard InChI is InChI=1S/C13H17BrN4/c1-2-6-18-7-5-16-13(18)8-11(15)12-4-3-10(14)9-17-12/h3-5,7,9,11H,2,6,8,15H2,1H3. The third kappa shape index (κ3) is 3.17. The van der Waals surface area contributed by atoms with Gasteiger partial charge < -0.3 is 10.3 Å². The van der Waals surface area contributed by atoms with Crippen LogP contribution < -0.4 is 5.73 Å². The zero-order valence-corrected chi connectivity index (χ0v) is 12.0. The zero-order valence-electron chi connectivity index (χ0n) is 10.4. The first-order valence-corrected chi connectivity index (χ1v) is 6.87. The van der Waals surface area contributed by atoms with Gasteiger partial charge in [-0.2, -0.15) is 0 Å². The highest BCUT2D eigenvalue weighted by Gasteiger charge is 2.12. The summed E-state index contributed by atoms with van der Waals surface area (Å²) in [6.45, 7) is 3.13. The van der Waals surface area contributed by atoms with Gasteiger partial charge in [0.05, 0.1) is 11.7 Å². The van der Waals surface area contributed by atoms with Gasteiger partial charge in [-0.05, 0) is 34.5 Å². The van der Waals surface area contributed by atoms with Crippen LogP contribution in [0.4, 0.5) is 0 Å². The maximum Gasteiger partial charge on any atom is 0.110 e. The smallest absolute Gasteiger partial charge is 0.110 e. The maximum absolute atomic E-state index is 6.17. The molecule has 0 fully saturated rings. The molecular formula is C13H17BrN4. The molecule has 2 rings (SSSR count). The van der Waals surface area contributed by atoms with Gasteiger partial charge in [0.1, 0.15) is 5.82 Å². The second-order valence-electron chi connectivity index (χ2n) is 4.25. The van der Waals surface area contributed by atoms with Gasteiger partial charge in [-0.1, -0.05) is 6.92 Å². The molecule has 2 heterocycles. The average Bonchev–Trinajstić information content (AvgIpc) is 2.78. The lowest BCUT2D eigenvalue weighted by molar-refractivity contribution is 0.592. The summed E-state index contributed by atoms with van der Waals surface area (Å²) in [7, 11) is 0. The number of hydrogen-bond donors (Lipinski definition) is 1. The van der Waals surface area contributed by atoms with Crippen molar-refractivity contribution >= 4 is 15.9 Å². The summed E-state index contributed by atoms with van der Waals surface area (Å²) in [6.07, 6.45) is 7.40. The third-order valence-corrected chi connectivity index (χ3v) is 3.27. The summed E-state index contributed by atoms with van der Waals surface area (Å²) >= 11 is 3.37. The summed E-state index contributed by atoms with van der Waals surface area (Å²) in [5, 5.41) is 0. The molecule has 0 bridgehead atoms. The molecule has 2 aromatic rings. The van der Waals surface area contributed by atoms with E-state index in [1.54, 1.807) is 6.20 Å². The molecule has 0 aliphatic rings. The Kier molecular flexibility index (Phi) is 4.49. The number of nitrogens with two attached hydrogens (primary N) is 1. The molecule has 5 heteroatoms. The quantitative estimate of drug-likeness (QED) is 0.924. The van der Waals surface area contributed by atoms with Crippen LogP contribution in [0.15, 0.2) is 35.2 Å². The van der Waals surface area contributed by atoms with Crippen molar-refractivity contribution in [3.8, 4) is 0 Å². The number of imidazole rings is 1. The van der Waals surface area contributed by atoms with Crippen LogP contribution in [-0.4, -0.2) is 14.5 Å². The predicted octanol–water partition coefficient (Wildman–Crippen LogP) is 2.69. The minimum absolute atomic E-state index is 0.115. The normalized spacial score (nSPS) is 12.6. The van der Waals surface area contributed by atoms with Crippen molar-refractivity contribution in [2.24, 2.45) is 5.73 Å². The summed E-state index contributed by atoms with van der Waals surface area (Å²) in [5.74, 6) is 1.02. The van der Waals surface area contributed by atoms with E-state index in [0.29, 0.717) is 6.42 Å².